The summed E-state index contributed by atoms with van der Waals surface area (Å²) in [5, 5.41) is 7.15. The summed E-state index contributed by atoms with van der Waals surface area (Å²) >= 11 is 0. The maximum atomic E-state index is 5.01. The third kappa shape index (κ3) is 2.31. The van der Waals surface area contributed by atoms with Crippen molar-refractivity contribution >= 4 is 0 Å². The number of aromatic nitrogens is 1. The number of hydrogen-bond donors (Lipinski definition) is 1. The lowest BCUT2D eigenvalue weighted by Crippen LogP contribution is -2.25. The van der Waals surface area contributed by atoms with Gasteiger partial charge in [-0.2, -0.15) is 0 Å². The molecule has 1 fully saturated rings. The smallest absolute Gasteiger partial charge is 0.150 e. The largest absolute Gasteiger partial charge is 0.360 e. The molecule has 3 heteroatoms. The number of hydrogen-bond acceptors (Lipinski definition) is 3. The molecular formula is C10H16N2O. The van der Waals surface area contributed by atoms with E-state index in [1.54, 1.807) is 6.20 Å². The van der Waals surface area contributed by atoms with Gasteiger partial charge in [0.2, 0.25) is 0 Å². The van der Waals surface area contributed by atoms with Gasteiger partial charge in [-0.05, 0) is 25.2 Å². The zero-order chi connectivity index (χ0) is 9.10. The van der Waals surface area contributed by atoms with Gasteiger partial charge in [-0.15, -0.1) is 0 Å². The van der Waals surface area contributed by atoms with Crippen LogP contribution in [-0.2, 0) is 6.54 Å². The van der Waals surface area contributed by atoms with Crippen LogP contribution in [-0.4, -0.2) is 11.2 Å². The lowest BCUT2D eigenvalue weighted by atomic mass is 10.1. The molecule has 0 spiro atoms. The van der Waals surface area contributed by atoms with Crippen LogP contribution < -0.4 is 5.32 Å². The molecule has 1 aromatic rings. The average molecular weight is 180 g/mol. The molecular weight excluding hydrogens is 164 g/mol. The Labute approximate surface area is 78.5 Å². The van der Waals surface area contributed by atoms with Crippen molar-refractivity contribution in [2.75, 3.05) is 0 Å². The van der Waals surface area contributed by atoms with E-state index in [9.17, 15) is 0 Å². The van der Waals surface area contributed by atoms with Gasteiger partial charge in [-0.25, -0.2) is 0 Å². The SMILES string of the molecule is CC1CCC(NCc2ccno2)C1. The number of nitrogens with zero attached hydrogens (tertiary/aromatic N) is 1. The van der Waals surface area contributed by atoms with Crippen LogP contribution in [0.3, 0.4) is 0 Å². The zero-order valence-corrected chi connectivity index (χ0v) is 7.99. The topological polar surface area (TPSA) is 38.1 Å². The Balaban J connectivity index is 1.74. The van der Waals surface area contributed by atoms with Gasteiger partial charge in [-0.1, -0.05) is 12.1 Å². The second kappa shape index (κ2) is 3.92. The van der Waals surface area contributed by atoms with Crippen molar-refractivity contribution in [3.05, 3.63) is 18.0 Å². The van der Waals surface area contributed by atoms with Crippen LogP contribution in [0.25, 0.3) is 0 Å². The fraction of sp³-hybridized carbons (Fsp3) is 0.700. The third-order valence-corrected chi connectivity index (χ3v) is 2.75. The summed E-state index contributed by atoms with van der Waals surface area (Å²) < 4.78 is 5.01. The Morgan fingerprint density at radius 2 is 2.54 bits per heavy atom. The normalized spacial score (nSPS) is 28.1. The van der Waals surface area contributed by atoms with E-state index in [4.69, 9.17) is 4.52 Å². The second-order valence-electron chi connectivity index (χ2n) is 3.97. The third-order valence-electron chi connectivity index (χ3n) is 2.75. The van der Waals surface area contributed by atoms with Gasteiger partial charge in [0.1, 0.15) is 5.76 Å². The lowest BCUT2D eigenvalue weighted by Gasteiger charge is -2.09. The number of nitrogens with one attached hydrogen (secondary N) is 1. The molecule has 72 valence electrons. The highest BCUT2D eigenvalue weighted by molar-refractivity contribution is 4.93. The Kier molecular flexibility index (Phi) is 2.64. The molecule has 0 radical (unpaired) electrons. The maximum absolute atomic E-state index is 5.01. The Morgan fingerprint density at radius 1 is 1.62 bits per heavy atom. The molecule has 1 saturated carbocycles. The van der Waals surface area contributed by atoms with Crippen molar-refractivity contribution < 1.29 is 4.52 Å². The highest BCUT2D eigenvalue weighted by atomic mass is 16.5. The van der Waals surface area contributed by atoms with Gasteiger partial charge in [0.05, 0.1) is 12.7 Å². The van der Waals surface area contributed by atoms with Crippen LogP contribution in [0.4, 0.5) is 0 Å². The summed E-state index contributed by atoms with van der Waals surface area (Å²) in [5.41, 5.74) is 0. The fourth-order valence-electron chi connectivity index (χ4n) is 1.97. The Hall–Kier alpha value is -0.830. The predicted octanol–water partition coefficient (Wildman–Crippen LogP) is 1.95. The minimum atomic E-state index is 0.681. The van der Waals surface area contributed by atoms with E-state index in [2.05, 4.69) is 17.4 Å². The van der Waals surface area contributed by atoms with Crippen molar-refractivity contribution in [1.82, 2.24) is 10.5 Å². The Morgan fingerprint density at radius 3 is 3.15 bits per heavy atom. The molecule has 0 saturated heterocycles. The standard InChI is InChI=1S/C10H16N2O/c1-8-2-3-9(6-8)11-7-10-4-5-12-13-10/h4-5,8-9,11H,2-3,6-7H2,1H3. The molecule has 3 nitrogen and oxygen atoms in total. The first-order valence-corrected chi connectivity index (χ1v) is 4.97. The summed E-state index contributed by atoms with van der Waals surface area (Å²) in [5.74, 6) is 1.81. The predicted molar refractivity (Wildman–Crippen MR) is 50.1 cm³/mol. The number of rotatable bonds is 3. The molecule has 13 heavy (non-hydrogen) atoms. The Bertz CT molecular complexity index is 245. The minimum absolute atomic E-state index is 0.681. The molecule has 0 aliphatic heterocycles. The van der Waals surface area contributed by atoms with Crippen molar-refractivity contribution in [3.63, 3.8) is 0 Å². The van der Waals surface area contributed by atoms with Gasteiger partial charge >= 0.3 is 0 Å². The minimum Gasteiger partial charge on any atom is -0.360 e. The maximum Gasteiger partial charge on any atom is 0.150 e. The molecule has 2 unspecified atom stereocenters. The highest BCUT2D eigenvalue weighted by Crippen LogP contribution is 2.24. The first-order chi connectivity index (χ1) is 6.34. The van der Waals surface area contributed by atoms with E-state index in [1.807, 2.05) is 6.07 Å². The first-order valence-electron chi connectivity index (χ1n) is 4.97. The van der Waals surface area contributed by atoms with Crippen LogP contribution in [0.5, 0.6) is 0 Å². The van der Waals surface area contributed by atoms with Crippen LogP contribution in [0.2, 0.25) is 0 Å². The summed E-state index contributed by atoms with van der Waals surface area (Å²) in [7, 11) is 0. The van der Waals surface area contributed by atoms with Gasteiger partial charge in [0.15, 0.2) is 0 Å². The summed E-state index contributed by atoms with van der Waals surface area (Å²) in [6.07, 6.45) is 5.64. The highest BCUT2D eigenvalue weighted by Gasteiger charge is 2.20. The van der Waals surface area contributed by atoms with Crippen molar-refractivity contribution in [2.45, 2.75) is 38.8 Å². The molecule has 0 aromatic carbocycles. The fourth-order valence-corrected chi connectivity index (χ4v) is 1.97. The molecule has 2 atom stereocenters. The van der Waals surface area contributed by atoms with Crippen molar-refractivity contribution in [2.24, 2.45) is 5.92 Å². The van der Waals surface area contributed by atoms with Crippen molar-refractivity contribution in [3.8, 4) is 0 Å². The van der Waals surface area contributed by atoms with Crippen LogP contribution in [0.15, 0.2) is 16.8 Å². The molecule has 1 aromatic heterocycles. The molecule has 1 aliphatic carbocycles. The second-order valence-corrected chi connectivity index (χ2v) is 3.97. The molecule has 1 heterocycles. The molecule has 0 amide bonds. The van der Waals surface area contributed by atoms with Gasteiger partial charge in [0, 0.05) is 12.1 Å². The van der Waals surface area contributed by atoms with Crippen molar-refractivity contribution in [1.29, 1.82) is 0 Å². The summed E-state index contributed by atoms with van der Waals surface area (Å²) in [6.45, 7) is 3.13. The van der Waals surface area contributed by atoms with E-state index in [-0.39, 0.29) is 0 Å². The monoisotopic (exact) mass is 180 g/mol. The average Bonchev–Trinajstić information content (AvgIpc) is 2.71. The van der Waals surface area contributed by atoms with Gasteiger partial charge in [0.25, 0.3) is 0 Å². The van der Waals surface area contributed by atoms with Gasteiger partial charge in [-0.3, -0.25) is 0 Å². The summed E-state index contributed by atoms with van der Waals surface area (Å²) in [4.78, 5) is 0. The molecule has 1 N–H and O–H groups in total. The van der Waals surface area contributed by atoms with E-state index in [0.29, 0.717) is 6.04 Å². The van der Waals surface area contributed by atoms with E-state index in [0.717, 1.165) is 18.2 Å². The summed E-state index contributed by atoms with van der Waals surface area (Å²) in [6, 6.07) is 2.59. The first kappa shape index (κ1) is 8.75. The van der Waals surface area contributed by atoms with Crippen LogP contribution in [0.1, 0.15) is 31.9 Å². The zero-order valence-electron chi connectivity index (χ0n) is 7.99. The molecule has 2 rings (SSSR count). The van der Waals surface area contributed by atoms with E-state index in [1.165, 1.54) is 19.3 Å². The van der Waals surface area contributed by atoms with E-state index < -0.39 is 0 Å². The quantitative estimate of drug-likeness (QED) is 0.772. The van der Waals surface area contributed by atoms with Gasteiger partial charge < -0.3 is 9.84 Å². The molecule has 1 aliphatic rings. The van der Waals surface area contributed by atoms with Crippen LogP contribution in [0, 0.1) is 5.92 Å². The molecule has 0 bridgehead atoms. The van der Waals surface area contributed by atoms with Crippen LogP contribution >= 0.6 is 0 Å². The van der Waals surface area contributed by atoms with E-state index >= 15 is 0 Å². The lowest BCUT2D eigenvalue weighted by molar-refractivity contribution is 0.361.